The Hall–Kier alpha value is -1.17. The minimum absolute atomic E-state index is 0.353. The highest BCUT2D eigenvalue weighted by atomic mass is 16.9. The van der Waals surface area contributed by atoms with Crippen molar-refractivity contribution in [2.24, 2.45) is 0 Å². The van der Waals surface area contributed by atoms with Crippen LogP contribution in [-0.2, 0) is 4.79 Å². The molecule has 0 spiro atoms. The Kier molecular flexibility index (Phi) is 5.01. The fraction of sp³-hybridized carbons (Fsp3) is 0.800. The van der Waals surface area contributed by atoms with E-state index in [1.807, 2.05) is 0 Å². The molecule has 0 aromatic carbocycles. The summed E-state index contributed by atoms with van der Waals surface area (Å²) in [6, 6.07) is 0. The zero-order chi connectivity index (χ0) is 8.69. The molecule has 1 heterocycles. The molecule has 0 aliphatic carbocycles. The lowest BCUT2D eigenvalue weighted by Gasteiger charge is -2.08. The molecular weight excluding hydrogens is 152 g/mol. The standard InChI is InChI=1S/C5H9NO.HNO3/c7-5-2-1-3-6-4-5;2-1(3)4/h6H,1-4H2;(H,2,3,4). The van der Waals surface area contributed by atoms with E-state index in [0.717, 1.165) is 19.4 Å². The van der Waals surface area contributed by atoms with Gasteiger partial charge in [-0.05, 0) is 13.0 Å². The van der Waals surface area contributed by atoms with Crippen molar-refractivity contribution in [3.05, 3.63) is 10.1 Å². The minimum Gasteiger partial charge on any atom is -0.328 e. The van der Waals surface area contributed by atoms with Gasteiger partial charge in [0.2, 0.25) is 0 Å². The summed E-state index contributed by atoms with van der Waals surface area (Å²) in [7, 11) is 0. The van der Waals surface area contributed by atoms with E-state index in [1.165, 1.54) is 0 Å². The molecule has 64 valence electrons. The molecule has 1 rings (SSSR count). The summed E-state index contributed by atoms with van der Waals surface area (Å²) in [6.07, 6.45) is 1.81. The van der Waals surface area contributed by atoms with Gasteiger partial charge in [0.05, 0.1) is 6.54 Å². The van der Waals surface area contributed by atoms with Crippen LogP contribution in [0.25, 0.3) is 0 Å². The quantitative estimate of drug-likeness (QED) is 0.373. The van der Waals surface area contributed by atoms with Crippen molar-refractivity contribution in [2.45, 2.75) is 12.8 Å². The monoisotopic (exact) mass is 162 g/mol. The van der Waals surface area contributed by atoms with E-state index in [4.69, 9.17) is 15.3 Å². The van der Waals surface area contributed by atoms with Crippen molar-refractivity contribution >= 4 is 5.78 Å². The minimum atomic E-state index is -1.50. The molecule has 1 aliphatic heterocycles. The number of nitrogens with one attached hydrogen (secondary N) is 1. The van der Waals surface area contributed by atoms with E-state index in [1.54, 1.807) is 0 Å². The Labute approximate surface area is 63.3 Å². The van der Waals surface area contributed by atoms with Gasteiger partial charge >= 0.3 is 0 Å². The average molecular weight is 162 g/mol. The first kappa shape index (κ1) is 9.83. The Bertz CT molecular complexity index is 135. The zero-order valence-electron chi connectivity index (χ0n) is 5.95. The summed E-state index contributed by atoms with van der Waals surface area (Å²) in [4.78, 5) is 18.8. The van der Waals surface area contributed by atoms with Gasteiger partial charge in [-0.25, -0.2) is 0 Å². The fourth-order valence-electron chi connectivity index (χ4n) is 0.727. The van der Waals surface area contributed by atoms with Crippen LogP contribution in [0.2, 0.25) is 0 Å². The maximum absolute atomic E-state index is 10.4. The van der Waals surface area contributed by atoms with Gasteiger partial charge in [0.15, 0.2) is 0 Å². The lowest BCUT2D eigenvalue weighted by Crippen LogP contribution is -2.29. The molecule has 0 amide bonds. The first-order chi connectivity index (χ1) is 5.13. The molecule has 0 radical (unpaired) electrons. The first-order valence-electron chi connectivity index (χ1n) is 3.18. The number of carbonyl (C=O) groups excluding carboxylic acids is 1. The summed E-state index contributed by atoms with van der Waals surface area (Å²) < 4.78 is 0. The number of carbonyl (C=O) groups is 1. The normalized spacial score (nSPS) is 16.5. The number of hydrogen-bond acceptors (Lipinski definition) is 4. The smallest absolute Gasteiger partial charge is 0.291 e. The van der Waals surface area contributed by atoms with E-state index in [0.29, 0.717) is 12.3 Å². The number of hydrogen-bond donors (Lipinski definition) is 2. The Balaban J connectivity index is 0.000000218. The highest BCUT2D eigenvalue weighted by Crippen LogP contribution is 1.92. The highest BCUT2D eigenvalue weighted by Gasteiger charge is 2.04. The number of nitrogens with zero attached hydrogens (tertiary/aromatic N) is 1. The predicted molar refractivity (Wildman–Crippen MR) is 35.9 cm³/mol. The Morgan fingerprint density at radius 3 is 2.36 bits per heavy atom. The summed E-state index contributed by atoms with van der Waals surface area (Å²) in [5, 5.41) is 16.6. The number of rotatable bonds is 0. The maximum atomic E-state index is 10.4. The van der Waals surface area contributed by atoms with Crippen molar-refractivity contribution in [3.63, 3.8) is 0 Å². The number of ketones is 1. The molecule has 0 bridgehead atoms. The largest absolute Gasteiger partial charge is 0.328 e. The second-order valence-corrected chi connectivity index (χ2v) is 2.06. The second-order valence-electron chi connectivity index (χ2n) is 2.06. The molecule has 1 aliphatic rings. The molecule has 0 aromatic rings. The molecule has 6 nitrogen and oxygen atoms in total. The lowest BCUT2D eigenvalue weighted by atomic mass is 10.1. The first-order valence-corrected chi connectivity index (χ1v) is 3.18. The zero-order valence-corrected chi connectivity index (χ0v) is 5.95. The second kappa shape index (κ2) is 5.60. The molecule has 11 heavy (non-hydrogen) atoms. The SMILES string of the molecule is O=C1CCCNC1.O=[N+]([O-])O. The van der Waals surface area contributed by atoms with Crippen molar-refractivity contribution in [1.29, 1.82) is 0 Å². The van der Waals surface area contributed by atoms with Crippen LogP contribution in [0.3, 0.4) is 0 Å². The summed E-state index contributed by atoms with van der Waals surface area (Å²) >= 11 is 0. The number of Topliss-reactive ketones (excluding diaryl/α,β-unsaturated/α-hetero) is 1. The van der Waals surface area contributed by atoms with Crippen molar-refractivity contribution in [2.75, 3.05) is 13.1 Å². The topological polar surface area (TPSA) is 92.5 Å². The molecule has 6 heteroatoms. The molecule has 1 fully saturated rings. The summed E-state index contributed by atoms with van der Waals surface area (Å²) in [5.74, 6) is 0.353. The Morgan fingerprint density at radius 2 is 2.18 bits per heavy atom. The summed E-state index contributed by atoms with van der Waals surface area (Å²) in [5.41, 5.74) is 0. The maximum Gasteiger partial charge on any atom is 0.291 e. The summed E-state index contributed by atoms with van der Waals surface area (Å²) in [6.45, 7) is 1.62. The molecule has 1 saturated heterocycles. The van der Waals surface area contributed by atoms with Crippen LogP contribution < -0.4 is 5.32 Å². The van der Waals surface area contributed by atoms with Crippen LogP contribution in [-0.4, -0.2) is 29.2 Å². The third-order valence-corrected chi connectivity index (χ3v) is 1.13. The third kappa shape index (κ3) is 8.83. The van der Waals surface area contributed by atoms with Crippen molar-refractivity contribution in [3.8, 4) is 0 Å². The van der Waals surface area contributed by atoms with E-state index in [9.17, 15) is 4.79 Å². The van der Waals surface area contributed by atoms with E-state index in [2.05, 4.69) is 5.32 Å². The van der Waals surface area contributed by atoms with Gasteiger partial charge in [0.1, 0.15) is 5.78 Å². The Morgan fingerprint density at radius 1 is 1.64 bits per heavy atom. The molecule has 0 atom stereocenters. The fourth-order valence-corrected chi connectivity index (χ4v) is 0.727. The van der Waals surface area contributed by atoms with E-state index >= 15 is 0 Å². The van der Waals surface area contributed by atoms with E-state index < -0.39 is 5.09 Å². The van der Waals surface area contributed by atoms with Gasteiger partial charge in [-0.3, -0.25) is 4.79 Å². The van der Waals surface area contributed by atoms with Crippen LogP contribution in [0.15, 0.2) is 0 Å². The lowest BCUT2D eigenvalue weighted by molar-refractivity contribution is -0.742. The van der Waals surface area contributed by atoms with Crippen LogP contribution in [0.1, 0.15) is 12.8 Å². The van der Waals surface area contributed by atoms with Gasteiger partial charge in [0, 0.05) is 6.42 Å². The molecule has 0 saturated carbocycles. The molecular formula is C5H10N2O4. The van der Waals surface area contributed by atoms with Crippen LogP contribution in [0.4, 0.5) is 0 Å². The van der Waals surface area contributed by atoms with Gasteiger partial charge in [0.25, 0.3) is 5.09 Å². The van der Waals surface area contributed by atoms with Crippen molar-refractivity contribution in [1.82, 2.24) is 5.32 Å². The van der Waals surface area contributed by atoms with Gasteiger partial charge in [-0.2, -0.15) is 0 Å². The molecule has 2 N–H and O–H groups in total. The predicted octanol–water partition coefficient (Wildman–Crippen LogP) is -0.409. The molecule has 0 aromatic heterocycles. The third-order valence-electron chi connectivity index (χ3n) is 1.13. The van der Waals surface area contributed by atoms with Gasteiger partial charge in [-0.15, -0.1) is 10.1 Å². The van der Waals surface area contributed by atoms with Crippen LogP contribution in [0.5, 0.6) is 0 Å². The number of piperidine rings is 1. The van der Waals surface area contributed by atoms with Gasteiger partial charge < -0.3 is 10.5 Å². The molecule has 0 unspecified atom stereocenters. The van der Waals surface area contributed by atoms with Crippen LogP contribution >= 0.6 is 0 Å². The average Bonchev–Trinajstić information content (AvgIpc) is 1.87. The van der Waals surface area contributed by atoms with Gasteiger partial charge in [-0.1, -0.05) is 0 Å². The highest BCUT2D eigenvalue weighted by molar-refractivity contribution is 5.80. The van der Waals surface area contributed by atoms with Crippen molar-refractivity contribution < 1.29 is 15.1 Å². The van der Waals surface area contributed by atoms with Crippen LogP contribution in [0, 0.1) is 10.1 Å². The van der Waals surface area contributed by atoms with E-state index in [-0.39, 0.29) is 0 Å².